The summed E-state index contributed by atoms with van der Waals surface area (Å²) in [4.78, 5) is 21.8. The molecule has 0 aliphatic heterocycles. The van der Waals surface area contributed by atoms with Crippen molar-refractivity contribution in [1.29, 1.82) is 0 Å². The summed E-state index contributed by atoms with van der Waals surface area (Å²) >= 11 is 0. The van der Waals surface area contributed by atoms with E-state index in [-0.39, 0.29) is 18.9 Å². The molecular formula is C21H41NO3. The fourth-order valence-electron chi connectivity index (χ4n) is 3.00. The molecule has 0 aromatic rings. The predicted molar refractivity (Wildman–Crippen MR) is 105 cm³/mol. The number of carboxylic acids is 1. The maximum atomic E-state index is 11.5. The van der Waals surface area contributed by atoms with E-state index in [0.717, 1.165) is 18.8 Å². The minimum atomic E-state index is -0.869. The number of amides is 1. The second-order valence-electron chi connectivity index (χ2n) is 7.67. The van der Waals surface area contributed by atoms with Gasteiger partial charge in [-0.15, -0.1) is 0 Å². The van der Waals surface area contributed by atoms with E-state index in [2.05, 4.69) is 19.2 Å². The van der Waals surface area contributed by atoms with Crippen molar-refractivity contribution in [3.05, 3.63) is 0 Å². The van der Waals surface area contributed by atoms with Crippen molar-refractivity contribution in [2.75, 3.05) is 6.54 Å². The first-order valence-electron chi connectivity index (χ1n) is 10.5. The molecule has 0 aromatic heterocycles. The molecule has 0 saturated carbocycles. The van der Waals surface area contributed by atoms with E-state index < -0.39 is 5.97 Å². The SMILES string of the molecule is CC(C)CCCCCCCCCCCCCCC(=O)NCCC(=O)O. The smallest absolute Gasteiger partial charge is 0.305 e. The summed E-state index contributed by atoms with van der Waals surface area (Å²) in [5.41, 5.74) is 0. The first-order chi connectivity index (χ1) is 12.0. The lowest BCUT2D eigenvalue weighted by Crippen LogP contribution is -2.25. The van der Waals surface area contributed by atoms with Crippen LogP contribution < -0.4 is 5.32 Å². The van der Waals surface area contributed by atoms with Gasteiger partial charge in [-0.1, -0.05) is 90.9 Å². The van der Waals surface area contributed by atoms with Crippen LogP contribution in [0.1, 0.15) is 110 Å². The lowest BCUT2D eigenvalue weighted by atomic mass is 10.0. The normalized spacial score (nSPS) is 11.0. The first-order valence-corrected chi connectivity index (χ1v) is 10.5. The Kier molecular flexibility index (Phi) is 17.0. The van der Waals surface area contributed by atoms with Crippen LogP contribution in [0.3, 0.4) is 0 Å². The molecule has 0 bridgehead atoms. The zero-order valence-electron chi connectivity index (χ0n) is 16.7. The van der Waals surface area contributed by atoms with E-state index in [1.165, 1.54) is 70.6 Å². The fraction of sp³-hybridized carbons (Fsp3) is 0.905. The van der Waals surface area contributed by atoms with Crippen LogP contribution in [-0.4, -0.2) is 23.5 Å². The molecule has 0 rings (SSSR count). The Bertz CT molecular complexity index is 329. The maximum absolute atomic E-state index is 11.5. The van der Waals surface area contributed by atoms with Crippen molar-refractivity contribution >= 4 is 11.9 Å². The van der Waals surface area contributed by atoms with Gasteiger partial charge in [0.2, 0.25) is 5.91 Å². The molecule has 4 nitrogen and oxygen atoms in total. The van der Waals surface area contributed by atoms with Crippen molar-refractivity contribution in [3.8, 4) is 0 Å². The summed E-state index contributed by atoms with van der Waals surface area (Å²) in [6.07, 6.45) is 17.4. The van der Waals surface area contributed by atoms with Gasteiger partial charge in [0, 0.05) is 13.0 Å². The van der Waals surface area contributed by atoms with Gasteiger partial charge in [0.1, 0.15) is 0 Å². The zero-order valence-corrected chi connectivity index (χ0v) is 16.7. The number of carboxylic acid groups (broad SMARTS) is 1. The average Bonchev–Trinajstić information content (AvgIpc) is 2.54. The van der Waals surface area contributed by atoms with Gasteiger partial charge in [-0.25, -0.2) is 0 Å². The number of hydrogen-bond donors (Lipinski definition) is 2. The van der Waals surface area contributed by atoms with Gasteiger partial charge in [0.05, 0.1) is 6.42 Å². The Labute approximate surface area is 155 Å². The maximum Gasteiger partial charge on any atom is 0.305 e. The molecule has 0 aromatic carbocycles. The Morgan fingerprint density at radius 3 is 1.60 bits per heavy atom. The highest BCUT2D eigenvalue weighted by atomic mass is 16.4. The van der Waals surface area contributed by atoms with E-state index in [1.54, 1.807) is 0 Å². The molecule has 2 N–H and O–H groups in total. The summed E-state index contributed by atoms with van der Waals surface area (Å²) in [6.45, 7) is 4.85. The van der Waals surface area contributed by atoms with Crippen LogP contribution in [0.15, 0.2) is 0 Å². The molecule has 0 radical (unpaired) electrons. The van der Waals surface area contributed by atoms with Crippen molar-refractivity contribution in [2.24, 2.45) is 5.92 Å². The molecule has 0 aliphatic carbocycles. The van der Waals surface area contributed by atoms with Crippen molar-refractivity contribution < 1.29 is 14.7 Å². The van der Waals surface area contributed by atoms with Crippen molar-refractivity contribution in [2.45, 2.75) is 110 Å². The molecule has 0 fully saturated rings. The van der Waals surface area contributed by atoms with Gasteiger partial charge in [-0.2, -0.15) is 0 Å². The molecule has 0 atom stereocenters. The Morgan fingerprint density at radius 2 is 1.16 bits per heavy atom. The number of aliphatic carboxylic acids is 1. The van der Waals surface area contributed by atoms with Crippen LogP contribution in [0.4, 0.5) is 0 Å². The third-order valence-corrected chi connectivity index (χ3v) is 4.60. The van der Waals surface area contributed by atoms with E-state index in [1.807, 2.05) is 0 Å². The Hall–Kier alpha value is -1.06. The third kappa shape index (κ3) is 20.9. The fourth-order valence-corrected chi connectivity index (χ4v) is 3.00. The Morgan fingerprint density at radius 1 is 0.720 bits per heavy atom. The van der Waals surface area contributed by atoms with Crippen LogP contribution >= 0.6 is 0 Å². The quantitative estimate of drug-likeness (QED) is 0.310. The minimum Gasteiger partial charge on any atom is -0.481 e. The molecule has 4 heteroatoms. The highest BCUT2D eigenvalue weighted by Crippen LogP contribution is 2.14. The third-order valence-electron chi connectivity index (χ3n) is 4.60. The monoisotopic (exact) mass is 355 g/mol. The average molecular weight is 356 g/mol. The van der Waals surface area contributed by atoms with Gasteiger partial charge in [0.15, 0.2) is 0 Å². The molecule has 0 heterocycles. The van der Waals surface area contributed by atoms with E-state index in [9.17, 15) is 9.59 Å². The largest absolute Gasteiger partial charge is 0.481 e. The summed E-state index contributed by atoms with van der Waals surface area (Å²) in [6, 6.07) is 0. The first kappa shape index (κ1) is 23.9. The van der Waals surface area contributed by atoms with Crippen molar-refractivity contribution in [1.82, 2.24) is 5.32 Å². The molecule has 148 valence electrons. The van der Waals surface area contributed by atoms with Crippen LogP contribution in [0.2, 0.25) is 0 Å². The molecule has 1 amide bonds. The zero-order chi connectivity index (χ0) is 18.8. The number of unbranched alkanes of at least 4 members (excludes halogenated alkanes) is 11. The van der Waals surface area contributed by atoms with Gasteiger partial charge >= 0.3 is 5.97 Å². The number of nitrogens with one attached hydrogen (secondary N) is 1. The van der Waals surface area contributed by atoms with Gasteiger partial charge < -0.3 is 10.4 Å². The summed E-state index contributed by atoms with van der Waals surface area (Å²) in [5, 5.41) is 11.1. The number of carbonyl (C=O) groups excluding carboxylic acids is 1. The summed E-state index contributed by atoms with van der Waals surface area (Å²) in [5.74, 6) is -0.0348. The minimum absolute atomic E-state index is 0.00366. The summed E-state index contributed by atoms with van der Waals surface area (Å²) < 4.78 is 0. The Balaban J connectivity index is 3.14. The van der Waals surface area contributed by atoms with Crippen LogP contribution in [0, 0.1) is 5.92 Å². The van der Waals surface area contributed by atoms with Gasteiger partial charge in [-0.3, -0.25) is 9.59 Å². The highest BCUT2D eigenvalue weighted by Gasteiger charge is 2.02. The number of hydrogen-bond acceptors (Lipinski definition) is 2. The molecule has 0 saturated heterocycles. The predicted octanol–water partition coefficient (Wildman–Crippen LogP) is 5.69. The van der Waals surface area contributed by atoms with E-state index in [0.29, 0.717) is 6.42 Å². The van der Waals surface area contributed by atoms with E-state index >= 15 is 0 Å². The van der Waals surface area contributed by atoms with Gasteiger partial charge in [-0.05, 0) is 12.3 Å². The number of rotatable bonds is 18. The summed E-state index contributed by atoms with van der Waals surface area (Å²) in [7, 11) is 0. The van der Waals surface area contributed by atoms with Crippen LogP contribution in [0.5, 0.6) is 0 Å². The molecule has 0 spiro atoms. The van der Waals surface area contributed by atoms with Crippen LogP contribution in [0.25, 0.3) is 0 Å². The molecule has 0 unspecified atom stereocenters. The molecule has 25 heavy (non-hydrogen) atoms. The van der Waals surface area contributed by atoms with E-state index in [4.69, 9.17) is 5.11 Å². The molecular weight excluding hydrogens is 314 g/mol. The van der Waals surface area contributed by atoms with Crippen LogP contribution in [-0.2, 0) is 9.59 Å². The number of carbonyl (C=O) groups is 2. The van der Waals surface area contributed by atoms with Gasteiger partial charge in [0.25, 0.3) is 0 Å². The standard InChI is InChI=1S/C21H41NO3/c1-19(2)15-13-11-9-7-5-3-4-6-8-10-12-14-16-20(23)22-18-17-21(24)25/h19H,3-18H2,1-2H3,(H,22,23)(H,24,25). The second kappa shape index (κ2) is 17.8. The lowest BCUT2D eigenvalue weighted by Gasteiger charge is -2.05. The lowest BCUT2D eigenvalue weighted by molar-refractivity contribution is -0.136. The second-order valence-corrected chi connectivity index (χ2v) is 7.67. The van der Waals surface area contributed by atoms with Crippen molar-refractivity contribution in [3.63, 3.8) is 0 Å². The highest BCUT2D eigenvalue weighted by molar-refractivity contribution is 5.76. The topological polar surface area (TPSA) is 66.4 Å². The molecule has 0 aliphatic rings.